The van der Waals surface area contributed by atoms with Gasteiger partial charge in [-0.15, -0.1) is 0 Å². The van der Waals surface area contributed by atoms with E-state index in [1.54, 1.807) is 0 Å². The molecule has 2 saturated heterocycles. The number of nitrogens with zero attached hydrogens (tertiary/aromatic N) is 2. The fourth-order valence-corrected chi connectivity index (χ4v) is 3.49. The summed E-state index contributed by atoms with van der Waals surface area (Å²) in [5, 5.41) is 0. The quantitative estimate of drug-likeness (QED) is 0.746. The lowest BCUT2D eigenvalue weighted by Gasteiger charge is -2.38. The maximum atomic E-state index is 2.73. The minimum atomic E-state index is 0.824. The van der Waals surface area contributed by atoms with Crippen molar-refractivity contribution in [3.63, 3.8) is 0 Å². The summed E-state index contributed by atoms with van der Waals surface area (Å²) in [4.78, 5) is 5.21. The summed E-state index contributed by atoms with van der Waals surface area (Å²) >= 11 is 0. The second-order valence-electron chi connectivity index (χ2n) is 6.55. The molecular weight excluding hydrogens is 208 g/mol. The molecule has 0 radical (unpaired) electrons. The van der Waals surface area contributed by atoms with Gasteiger partial charge in [0.05, 0.1) is 0 Å². The van der Waals surface area contributed by atoms with Gasteiger partial charge < -0.3 is 9.80 Å². The van der Waals surface area contributed by atoms with Crippen LogP contribution in [0, 0.1) is 11.8 Å². The number of rotatable bonds is 3. The van der Waals surface area contributed by atoms with E-state index in [0.29, 0.717) is 0 Å². The van der Waals surface area contributed by atoms with Crippen molar-refractivity contribution < 1.29 is 0 Å². The summed E-state index contributed by atoms with van der Waals surface area (Å²) in [6.45, 7) is 10.2. The van der Waals surface area contributed by atoms with Crippen molar-refractivity contribution >= 4 is 0 Å². The Morgan fingerprint density at radius 3 is 2.35 bits per heavy atom. The maximum absolute atomic E-state index is 2.73. The summed E-state index contributed by atoms with van der Waals surface area (Å²) in [6, 6.07) is 0.824. The van der Waals surface area contributed by atoms with Gasteiger partial charge in [0, 0.05) is 6.04 Å². The van der Waals surface area contributed by atoms with Gasteiger partial charge in [0.15, 0.2) is 0 Å². The molecule has 0 saturated carbocycles. The molecule has 0 spiro atoms. The van der Waals surface area contributed by atoms with E-state index in [4.69, 9.17) is 0 Å². The molecule has 2 fully saturated rings. The average Bonchev–Trinajstić information content (AvgIpc) is 2.30. The largest absolute Gasteiger partial charge is 0.306 e. The molecule has 2 aliphatic heterocycles. The van der Waals surface area contributed by atoms with Crippen LogP contribution in [-0.4, -0.2) is 49.1 Å². The fourth-order valence-electron chi connectivity index (χ4n) is 3.49. The maximum Gasteiger partial charge on any atom is 0.00694 e. The van der Waals surface area contributed by atoms with Crippen LogP contribution in [0.15, 0.2) is 0 Å². The van der Waals surface area contributed by atoms with Crippen molar-refractivity contribution in [2.75, 3.05) is 33.2 Å². The zero-order chi connectivity index (χ0) is 12.3. The Morgan fingerprint density at radius 2 is 1.71 bits per heavy atom. The molecule has 0 aromatic rings. The summed E-state index contributed by atoms with van der Waals surface area (Å²) < 4.78 is 0. The predicted molar refractivity (Wildman–Crippen MR) is 74.3 cm³/mol. The van der Waals surface area contributed by atoms with Crippen molar-refractivity contribution in [2.45, 2.75) is 52.0 Å². The second-order valence-corrected chi connectivity index (χ2v) is 6.55. The van der Waals surface area contributed by atoms with Crippen molar-refractivity contribution in [3.8, 4) is 0 Å². The minimum Gasteiger partial charge on any atom is -0.306 e. The molecule has 2 heteroatoms. The Morgan fingerprint density at radius 1 is 1.00 bits per heavy atom. The molecule has 0 aliphatic carbocycles. The van der Waals surface area contributed by atoms with Gasteiger partial charge in [-0.3, -0.25) is 0 Å². The first-order valence-corrected chi connectivity index (χ1v) is 7.57. The van der Waals surface area contributed by atoms with Gasteiger partial charge in [0.2, 0.25) is 0 Å². The van der Waals surface area contributed by atoms with E-state index in [9.17, 15) is 0 Å². The predicted octanol–water partition coefficient (Wildman–Crippen LogP) is 2.84. The number of hydrogen-bond acceptors (Lipinski definition) is 2. The van der Waals surface area contributed by atoms with Gasteiger partial charge in [-0.1, -0.05) is 6.92 Å². The summed E-state index contributed by atoms with van der Waals surface area (Å²) in [6.07, 6.45) is 7.11. The Kier molecular flexibility index (Phi) is 4.87. The Hall–Kier alpha value is -0.0800. The monoisotopic (exact) mass is 238 g/mol. The van der Waals surface area contributed by atoms with Gasteiger partial charge in [0.1, 0.15) is 0 Å². The SMILES string of the molecule is CC1CCN(CCC2CCN(C)CC2)C(C)C1. The molecule has 100 valence electrons. The first-order chi connectivity index (χ1) is 8.15. The van der Waals surface area contributed by atoms with E-state index >= 15 is 0 Å². The molecule has 2 aliphatic rings. The molecule has 0 aromatic carbocycles. The van der Waals surface area contributed by atoms with Crippen LogP contribution in [0.4, 0.5) is 0 Å². The van der Waals surface area contributed by atoms with Gasteiger partial charge in [0.25, 0.3) is 0 Å². The van der Waals surface area contributed by atoms with Crippen LogP contribution < -0.4 is 0 Å². The zero-order valence-corrected chi connectivity index (χ0v) is 12.0. The highest BCUT2D eigenvalue weighted by atomic mass is 15.2. The standard InChI is InChI=1S/C15H30N2/c1-13-4-10-17(14(2)12-13)11-7-15-5-8-16(3)9-6-15/h13-15H,4-12H2,1-3H3. The molecular formula is C15H30N2. The van der Waals surface area contributed by atoms with Crippen LogP contribution >= 0.6 is 0 Å². The molecule has 2 heterocycles. The Bertz CT molecular complexity index is 221. The number of likely N-dealkylation sites (tertiary alicyclic amines) is 2. The molecule has 2 unspecified atom stereocenters. The second kappa shape index (κ2) is 6.19. The lowest BCUT2D eigenvalue weighted by atomic mass is 9.90. The Balaban J connectivity index is 1.67. The van der Waals surface area contributed by atoms with Crippen LogP contribution in [-0.2, 0) is 0 Å². The van der Waals surface area contributed by atoms with Crippen LogP contribution in [0.3, 0.4) is 0 Å². The summed E-state index contributed by atoms with van der Waals surface area (Å²) in [5.41, 5.74) is 0. The van der Waals surface area contributed by atoms with E-state index in [-0.39, 0.29) is 0 Å². The number of hydrogen-bond donors (Lipinski definition) is 0. The molecule has 0 amide bonds. The van der Waals surface area contributed by atoms with Crippen LogP contribution in [0.25, 0.3) is 0 Å². The van der Waals surface area contributed by atoms with E-state index in [0.717, 1.165) is 17.9 Å². The third kappa shape index (κ3) is 3.96. The fraction of sp³-hybridized carbons (Fsp3) is 1.00. The van der Waals surface area contributed by atoms with Gasteiger partial charge in [-0.05, 0) is 84.1 Å². The highest BCUT2D eigenvalue weighted by Crippen LogP contribution is 2.25. The highest BCUT2D eigenvalue weighted by molar-refractivity contribution is 4.78. The van der Waals surface area contributed by atoms with E-state index < -0.39 is 0 Å². The molecule has 0 bridgehead atoms. The minimum absolute atomic E-state index is 0.824. The van der Waals surface area contributed by atoms with Gasteiger partial charge >= 0.3 is 0 Å². The van der Waals surface area contributed by atoms with Crippen molar-refractivity contribution in [2.24, 2.45) is 11.8 Å². The van der Waals surface area contributed by atoms with Crippen LogP contribution in [0.5, 0.6) is 0 Å². The normalized spacial score (nSPS) is 34.1. The average molecular weight is 238 g/mol. The van der Waals surface area contributed by atoms with Gasteiger partial charge in [-0.25, -0.2) is 0 Å². The molecule has 2 nitrogen and oxygen atoms in total. The number of piperidine rings is 2. The third-order valence-electron chi connectivity index (χ3n) is 4.94. The van der Waals surface area contributed by atoms with Gasteiger partial charge in [-0.2, -0.15) is 0 Å². The molecule has 0 aromatic heterocycles. The van der Waals surface area contributed by atoms with Crippen LogP contribution in [0.2, 0.25) is 0 Å². The van der Waals surface area contributed by atoms with Crippen molar-refractivity contribution in [1.82, 2.24) is 9.80 Å². The van der Waals surface area contributed by atoms with Crippen molar-refractivity contribution in [3.05, 3.63) is 0 Å². The summed E-state index contributed by atoms with van der Waals surface area (Å²) in [7, 11) is 2.25. The highest BCUT2D eigenvalue weighted by Gasteiger charge is 2.24. The smallest absolute Gasteiger partial charge is 0.00694 e. The molecule has 0 N–H and O–H groups in total. The third-order valence-corrected chi connectivity index (χ3v) is 4.94. The van der Waals surface area contributed by atoms with Crippen molar-refractivity contribution in [1.29, 1.82) is 0 Å². The van der Waals surface area contributed by atoms with E-state index in [1.807, 2.05) is 0 Å². The lowest BCUT2D eigenvalue weighted by molar-refractivity contribution is 0.112. The Labute approximate surface area is 107 Å². The zero-order valence-electron chi connectivity index (χ0n) is 12.0. The summed E-state index contributed by atoms with van der Waals surface area (Å²) in [5.74, 6) is 1.95. The van der Waals surface area contributed by atoms with E-state index in [2.05, 4.69) is 30.7 Å². The first-order valence-electron chi connectivity index (χ1n) is 7.57. The van der Waals surface area contributed by atoms with E-state index in [1.165, 1.54) is 58.3 Å². The molecule has 2 rings (SSSR count). The molecule has 2 atom stereocenters. The first kappa shape index (κ1) is 13.4. The topological polar surface area (TPSA) is 6.48 Å². The lowest BCUT2D eigenvalue weighted by Crippen LogP contribution is -2.41. The van der Waals surface area contributed by atoms with Crippen LogP contribution in [0.1, 0.15) is 46.0 Å². The molecule has 17 heavy (non-hydrogen) atoms.